The third kappa shape index (κ3) is 3.83. The van der Waals surface area contributed by atoms with E-state index in [-0.39, 0.29) is 5.78 Å². The van der Waals surface area contributed by atoms with Crippen LogP contribution in [-0.2, 0) is 13.0 Å². The van der Waals surface area contributed by atoms with Crippen molar-refractivity contribution in [1.29, 1.82) is 0 Å². The minimum Gasteiger partial charge on any atom is -0.488 e. The maximum absolute atomic E-state index is 13.1. The van der Waals surface area contributed by atoms with Crippen LogP contribution in [-0.4, -0.2) is 43.4 Å². The SMILES string of the molecule is O=C1c2ccccc2COc2ccc(CCN3CCN(c4ccccc4)CC3)cc21. The first kappa shape index (κ1) is 18.9. The molecule has 1 saturated heterocycles. The first-order chi connectivity index (χ1) is 14.8. The van der Waals surface area contributed by atoms with E-state index < -0.39 is 0 Å². The molecule has 0 atom stereocenters. The number of piperazine rings is 1. The number of hydrogen-bond donors (Lipinski definition) is 0. The van der Waals surface area contributed by atoms with Crippen LogP contribution in [0.2, 0.25) is 0 Å². The average molecular weight is 399 g/mol. The molecule has 2 heterocycles. The Balaban J connectivity index is 1.23. The Morgan fingerprint density at radius 2 is 1.57 bits per heavy atom. The molecule has 5 rings (SSSR count). The van der Waals surface area contributed by atoms with Crippen molar-refractivity contribution >= 4 is 11.5 Å². The van der Waals surface area contributed by atoms with E-state index in [0.29, 0.717) is 17.9 Å². The number of hydrogen-bond acceptors (Lipinski definition) is 4. The zero-order valence-corrected chi connectivity index (χ0v) is 17.1. The third-order valence-electron chi connectivity index (χ3n) is 6.14. The quantitative estimate of drug-likeness (QED) is 0.660. The fourth-order valence-corrected chi connectivity index (χ4v) is 4.36. The Kier molecular flexibility index (Phi) is 5.24. The number of carbonyl (C=O) groups is 1. The van der Waals surface area contributed by atoms with Crippen LogP contribution in [0.3, 0.4) is 0 Å². The molecule has 4 heteroatoms. The molecular formula is C26H26N2O2. The molecule has 0 bridgehead atoms. The van der Waals surface area contributed by atoms with Crippen LogP contribution >= 0.6 is 0 Å². The highest BCUT2D eigenvalue weighted by Gasteiger charge is 2.22. The summed E-state index contributed by atoms with van der Waals surface area (Å²) in [6.45, 7) is 5.69. The van der Waals surface area contributed by atoms with Crippen molar-refractivity contribution in [2.45, 2.75) is 13.0 Å². The summed E-state index contributed by atoms with van der Waals surface area (Å²) in [7, 11) is 0. The number of ketones is 1. The van der Waals surface area contributed by atoms with Crippen LogP contribution in [0.1, 0.15) is 27.0 Å². The van der Waals surface area contributed by atoms with Gasteiger partial charge in [0.2, 0.25) is 0 Å². The second-order valence-corrected chi connectivity index (χ2v) is 8.02. The summed E-state index contributed by atoms with van der Waals surface area (Å²) in [5, 5.41) is 0. The number of anilines is 1. The van der Waals surface area contributed by atoms with Crippen molar-refractivity contribution in [2.75, 3.05) is 37.6 Å². The number of rotatable bonds is 4. The van der Waals surface area contributed by atoms with Crippen molar-refractivity contribution in [1.82, 2.24) is 4.90 Å². The highest BCUT2D eigenvalue weighted by atomic mass is 16.5. The lowest BCUT2D eigenvalue weighted by Gasteiger charge is -2.36. The van der Waals surface area contributed by atoms with E-state index in [9.17, 15) is 4.79 Å². The predicted octanol–water partition coefficient (Wildman–Crippen LogP) is 4.17. The van der Waals surface area contributed by atoms with Gasteiger partial charge in [-0.2, -0.15) is 0 Å². The van der Waals surface area contributed by atoms with Crippen LogP contribution in [0, 0.1) is 0 Å². The van der Waals surface area contributed by atoms with Gasteiger partial charge in [-0.3, -0.25) is 9.69 Å². The maximum atomic E-state index is 13.1. The highest BCUT2D eigenvalue weighted by molar-refractivity contribution is 6.12. The fourth-order valence-electron chi connectivity index (χ4n) is 4.36. The molecule has 0 unspecified atom stereocenters. The van der Waals surface area contributed by atoms with E-state index >= 15 is 0 Å². The zero-order valence-electron chi connectivity index (χ0n) is 17.1. The molecule has 152 valence electrons. The van der Waals surface area contributed by atoms with Crippen molar-refractivity contribution in [3.05, 3.63) is 95.1 Å². The highest BCUT2D eigenvalue weighted by Crippen LogP contribution is 2.29. The Morgan fingerprint density at radius 3 is 2.40 bits per heavy atom. The standard InChI is InChI=1S/C26H26N2O2/c29-26-23-9-5-4-6-21(23)19-30-25-11-10-20(18-24(25)26)12-13-27-14-16-28(17-15-27)22-7-2-1-3-8-22/h1-11,18H,12-17,19H2. The molecule has 0 N–H and O–H groups in total. The van der Waals surface area contributed by atoms with Crippen molar-refractivity contribution in [3.63, 3.8) is 0 Å². The maximum Gasteiger partial charge on any atom is 0.197 e. The smallest absolute Gasteiger partial charge is 0.197 e. The third-order valence-corrected chi connectivity index (χ3v) is 6.14. The van der Waals surface area contributed by atoms with Crippen LogP contribution in [0.4, 0.5) is 5.69 Å². The van der Waals surface area contributed by atoms with Crippen molar-refractivity contribution in [3.8, 4) is 5.75 Å². The van der Waals surface area contributed by atoms with Crippen LogP contribution in [0.25, 0.3) is 0 Å². The summed E-state index contributed by atoms with van der Waals surface area (Å²) >= 11 is 0. The largest absolute Gasteiger partial charge is 0.488 e. The molecule has 0 aliphatic carbocycles. The molecule has 2 aliphatic heterocycles. The lowest BCUT2D eigenvalue weighted by atomic mass is 9.97. The molecule has 30 heavy (non-hydrogen) atoms. The summed E-state index contributed by atoms with van der Waals surface area (Å²) in [5.74, 6) is 0.757. The number of ether oxygens (including phenoxy) is 1. The van der Waals surface area contributed by atoms with Gasteiger partial charge in [0.1, 0.15) is 12.4 Å². The topological polar surface area (TPSA) is 32.8 Å². The zero-order chi connectivity index (χ0) is 20.3. The van der Waals surface area contributed by atoms with E-state index in [1.165, 1.54) is 11.3 Å². The Labute approximate surface area is 177 Å². The van der Waals surface area contributed by atoms with E-state index in [4.69, 9.17) is 4.74 Å². The molecule has 4 nitrogen and oxygen atoms in total. The fraction of sp³-hybridized carbons (Fsp3) is 0.269. The number of nitrogens with zero attached hydrogens (tertiary/aromatic N) is 2. The average Bonchev–Trinajstić information content (AvgIpc) is 2.95. The van der Waals surface area contributed by atoms with Gasteiger partial charge in [-0.05, 0) is 36.2 Å². The molecule has 0 saturated carbocycles. The lowest BCUT2D eigenvalue weighted by Crippen LogP contribution is -2.46. The molecule has 1 fully saturated rings. The minimum absolute atomic E-state index is 0.0661. The van der Waals surface area contributed by atoms with Gasteiger partial charge in [0.25, 0.3) is 0 Å². The summed E-state index contributed by atoms with van der Waals surface area (Å²) < 4.78 is 5.91. The Morgan fingerprint density at radius 1 is 0.800 bits per heavy atom. The normalized spacial score (nSPS) is 16.4. The van der Waals surface area contributed by atoms with Crippen LogP contribution < -0.4 is 9.64 Å². The Hall–Kier alpha value is -3.11. The van der Waals surface area contributed by atoms with Crippen molar-refractivity contribution < 1.29 is 9.53 Å². The molecule has 3 aromatic carbocycles. The first-order valence-electron chi connectivity index (χ1n) is 10.7. The summed E-state index contributed by atoms with van der Waals surface area (Å²) in [4.78, 5) is 18.0. The Bertz CT molecular complexity index is 1040. The van der Waals surface area contributed by atoms with Gasteiger partial charge in [0, 0.05) is 49.5 Å². The molecular weight excluding hydrogens is 372 g/mol. The monoisotopic (exact) mass is 398 g/mol. The summed E-state index contributed by atoms with van der Waals surface area (Å²) in [6.07, 6.45) is 0.938. The second-order valence-electron chi connectivity index (χ2n) is 8.02. The van der Waals surface area contributed by atoms with E-state index in [1.807, 2.05) is 36.4 Å². The van der Waals surface area contributed by atoms with Gasteiger partial charge in [0.15, 0.2) is 5.78 Å². The molecule has 0 spiro atoms. The van der Waals surface area contributed by atoms with E-state index in [2.05, 4.69) is 46.2 Å². The second kappa shape index (κ2) is 8.33. The first-order valence-corrected chi connectivity index (χ1v) is 10.7. The minimum atomic E-state index is 0.0661. The number of fused-ring (bicyclic) bond motifs is 2. The molecule has 0 radical (unpaired) electrons. The van der Waals surface area contributed by atoms with E-state index in [0.717, 1.165) is 50.3 Å². The van der Waals surface area contributed by atoms with Gasteiger partial charge in [-0.25, -0.2) is 0 Å². The predicted molar refractivity (Wildman–Crippen MR) is 119 cm³/mol. The summed E-state index contributed by atoms with van der Waals surface area (Å²) in [6, 6.07) is 24.5. The van der Waals surface area contributed by atoms with Crippen molar-refractivity contribution in [2.24, 2.45) is 0 Å². The molecule has 0 amide bonds. The van der Waals surface area contributed by atoms with Gasteiger partial charge in [-0.15, -0.1) is 0 Å². The number of benzene rings is 3. The van der Waals surface area contributed by atoms with Gasteiger partial charge in [-0.1, -0.05) is 48.5 Å². The summed E-state index contributed by atoms with van der Waals surface area (Å²) in [5.41, 5.74) is 4.89. The van der Waals surface area contributed by atoms with Crippen LogP contribution in [0.15, 0.2) is 72.8 Å². The van der Waals surface area contributed by atoms with Crippen LogP contribution in [0.5, 0.6) is 5.75 Å². The molecule has 2 aliphatic rings. The van der Waals surface area contributed by atoms with E-state index in [1.54, 1.807) is 0 Å². The number of para-hydroxylation sites is 1. The molecule has 0 aromatic heterocycles. The lowest BCUT2D eigenvalue weighted by molar-refractivity contribution is 0.103. The number of carbonyl (C=O) groups excluding carboxylic acids is 1. The van der Waals surface area contributed by atoms with Gasteiger partial charge in [0.05, 0.1) is 5.56 Å². The molecule has 3 aromatic rings. The van der Waals surface area contributed by atoms with Gasteiger partial charge >= 0.3 is 0 Å². The van der Waals surface area contributed by atoms with Gasteiger partial charge < -0.3 is 9.64 Å².